The van der Waals surface area contributed by atoms with E-state index in [-0.39, 0.29) is 0 Å². The highest BCUT2D eigenvalue weighted by Crippen LogP contribution is 2.24. The molecule has 0 spiro atoms. The maximum Gasteiger partial charge on any atom is 0.240 e. The summed E-state index contributed by atoms with van der Waals surface area (Å²) in [5, 5.41) is 0. The van der Waals surface area contributed by atoms with Crippen molar-refractivity contribution in [3.05, 3.63) is 23.8 Å². The van der Waals surface area contributed by atoms with E-state index >= 15 is 0 Å². The fourth-order valence-corrected chi connectivity index (χ4v) is 4.00. The molecule has 0 unspecified atom stereocenters. The second-order valence-electron chi connectivity index (χ2n) is 5.38. The average molecular weight is 282 g/mol. The second kappa shape index (κ2) is 5.92. The lowest BCUT2D eigenvalue weighted by molar-refractivity contribution is 0.357. The van der Waals surface area contributed by atoms with Crippen molar-refractivity contribution in [2.75, 3.05) is 12.3 Å². The van der Waals surface area contributed by atoms with Gasteiger partial charge in [-0.2, -0.15) is 0 Å². The van der Waals surface area contributed by atoms with E-state index in [1.807, 2.05) is 0 Å². The van der Waals surface area contributed by atoms with Crippen LogP contribution in [0.1, 0.15) is 37.7 Å². The molecule has 0 atom stereocenters. The number of aryl methyl sites for hydroxylation is 1. The molecule has 0 saturated heterocycles. The molecule has 0 bridgehead atoms. The number of sulfonamides is 1. The Morgan fingerprint density at radius 1 is 1.26 bits per heavy atom. The van der Waals surface area contributed by atoms with Crippen molar-refractivity contribution in [1.29, 1.82) is 0 Å². The maximum atomic E-state index is 12.3. The Kier molecular flexibility index (Phi) is 4.47. The van der Waals surface area contributed by atoms with Gasteiger partial charge in [0.05, 0.1) is 4.90 Å². The SMILES string of the molecule is Cc1ccc(N)cc1S(=O)(=O)NCC1CCCCC1. The van der Waals surface area contributed by atoms with Crippen LogP contribution < -0.4 is 10.5 Å². The molecule has 106 valence electrons. The number of hydrogen-bond donors (Lipinski definition) is 2. The number of nitrogen functional groups attached to an aromatic ring is 1. The molecule has 0 radical (unpaired) electrons. The highest BCUT2D eigenvalue weighted by Gasteiger charge is 2.20. The first-order valence-electron chi connectivity index (χ1n) is 6.85. The van der Waals surface area contributed by atoms with Gasteiger partial charge in [-0.15, -0.1) is 0 Å². The summed E-state index contributed by atoms with van der Waals surface area (Å²) in [6, 6.07) is 4.98. The van der Waals surface area contributed by atoms with Gasteiger partial charge in [0, 0.05) is 12.2 Å². The molecule has 19 heavy (non-hydrogen) atoms. The van der Waals surface area contributed by atoms with E-state index in [0.717, 1.165) is 18.4 Å². The fourth-order valence-electron chi connectivity index (χ4n) is 2.60. The summed E-state index contributed by atoms with van der Waals surface area (Å²) in [6.45, 7) is 2.32. The van der Waals surface area contributed by atoms with Crippen LogP contribution in [0.15, 0.2) is 23.1 Å². The number of rotatable bonds is 4. The molecule has 1 fully saturated rings. The topological polar surface area (TPSA) is 72.2 Å². The lowest BCUT2D eigenvalue weighted by Gasteiger charge is -2.22. The van der Waals surface area contributed by atoms with Crippen LogP contribution in [-0.2, 0) is 10.0 Å². The number of benzene rings is 1. The minimum Gasteiger partial charge on any atom is -0.399 e. The number of nitrogens with two attached hydrogens (primary N) is 1. The zero-order chi connectivity index (χ0) is 13.9. The monoisotopic (exact) mass is 282 g/mol. The van der Waals surface area contributed by atoms with Crippen molar-refractivity contribution in [3.8, 4) is 0 Å². The standard InChI is InChI=1S/C14H22N2O2S/c1-11-7-8-13(15)9-14(11)19(17,18)16-10-12-5-3-2-4-6-12/h7-9,12,16H,2-6,10,15H2,1H3. The molecule has 1 aromatic carbocycles. The van der Waals surface area contributed by atoms with Gasteiger partial charge in [0.25, 0.3) is 0 Å². The predicted molar refractivity (Wildman–Crippen MR) is 77.4 cm³/mol. The molecular formula is C14H22N2O2S. The van der Waals surface area contributed by atoms with Crippen molar-refractivity contribution in [1.82, 2.24) is 4.72 Å². The lowest BCUT2D eigenvalue weighted by atomic mass is 9.90. The molecule has 4 nitrogen and oxygen atoms in total. The van der Waals surface area contributed by atoms with Crippen LogP contribution in [0.3, 0.4) is 0 Å². The third-order valence-electron chi connectivity index (χ3n) is 3.79. The van der Waals surface area contributed by atoms with Gasteiger partial charge in [-0.1, -0.05) is 25.3 Å². The van der Waals surface area contributed by atoms with Gasteiger partial charge in [0.1, 0.15) is 0 Å². The van der Waals surface area contributed by atoms with E-state index in [9.17, 15) is 8.42 Å². The Morgan fingerprint density at radius 3 is 2.63 bits per heavy atom. The predicted octanol–water partition coefficient (Wildman–Crippen LogP) is 2.44. The summed E-state index contributed by atoms with van der Waals surface area (Å²) in [6.07, 6.45) is 5.95. The summed E-state index contributed by atoms with van der Waals surface area (Å²) < 4.78 is 27.3. The number of anilines is 1. The number of hydrogen-bond acceptors (Lipinski definition) is 3. The summed E-state index contributed by atoms with van der Waals surface area (Å²) in [4.78, 5) is 0.295. The van der Waals surface area contributed by atoms with Crippen LogP contribution in [0.5, 0.6) is 0 Å². The van der Waals surface area contributed by atoms with Crippen LogP contribution in [0.4, 0.5) is 5.69 Å². The Morgan fingerprint density at radius 2 is 1.95 bits per heavy atom. The first kappa shape index (κ1) is 14.3. The highest BCUT2D eigenvalue weighted by atomic mass is 32.2. The minimum atomic E-state index is -3.44. The molecule has 0 aromatic heterocycles. The van der Waals surface area contributed by atoms with Crippen LogP contribution in [0.2, 0.25) is 0 Å². The Hall–Kier alpha value is -1.07. The van der Waals surface area contributed by atoms with Gasteiger partial charge in [-0.3, -0.25) is 0 Å². The van der Waals surface area contributed by atoms with Crippen molar-refractivity contribution in [3.63, 3.8) is 0 Å². The Balaban J connectivity index is 2.07. The lowest BCUT2D eigenvalue weighted by Crippen LogP contribution is -2.30. The van der Waals surface area contributed by atoms with E-state index in [2.05, 4.69) is 4.72 Å². The summed E-state index contributed by atoms with van der Waals surface area (Å²) in [5.74, 6) is 0.477. The maximum absolute atomic E-state index is 12.3. The molecular weight excluding hydrogens is 260 g/mol. The van der Waals surface area contributed by atoms with E-state index < -0.39 is 10.0 Å². The zero-order valence-corrected chi connectivity index (χ0v) is 12.2. The van der Waals surface area contributed by atoms with Crippen molar-refractivity contribution in [2.24, 2.45) is 5.92 Å². The molecule has 0 amide bonds. The van der Waals surface area contributed by atoms with Crippen molar-refractivity contribution >= 4 is 15.7 Å². The normalized spacial score (nSPS) is 17.5. The number of nitrogens with one attached hydrogen (secondary N) is 1. The minimum absolute atomic E-state index is 0.295. The average Bonchev–Trinajstić information content (AvgIpc) is 2.40. The van der Waals surface area contributed by atoms with Gasteiger partial charge < -0.3 is 5.73 Å². The highest BCUT2D eigenvalue weighted by molar-refractivity contribution is 7.89. The summed E-state index contributed by atoms with van der Waals surface area (Å²) in [7, 11) is -3.44. The van der Waals surface area contributed by atoms with E-state index in [1.165, 1.54) is 25.3 Å². The van der Waals surface area contributed by atoms with Crippen molar-refractivity contribution in [2.45, 2.75) is 43.9 Å². The van der Waals surface area contributed by atoms with Crippen LogP contribution in [0.25, 0.3) is 0 Å². The Labute approximate surface area is 115 Å². The van der Waals surface area contributed by atoms with E-state index in [4.69, 9.17) is 5.73 Å². The van der Waals surface area contributed by atoms with Gasteiger partial charge >= 0.3 is 0 Å². The molecule has 0 heterocycles. The molecule has 2 rings (SSSR count). The van der Waals surface area contributed by atoms with E-state index in [0.29, 0.717) is 23.0 Å². The molecule has 1 saturated carbocycles. The summed E-state index contributed by atoms with van der Waals surface area (Å²) in [5.41, 5.74) is 6.87. The smallest absolute Gasteiger partial charge is 0.240 e. The molecule has 1 aliphatic rings. The molecule has 0 aliphatic heterocycles. The van der Waals surface area contributed by atoms with Gasteiger partial charge in [0.15, 0.2) is 0 Å². The zero-order valence-electron chi connectivity index (χ0n) is 11.4. The van der Waals surface area contributed by atoms with E-state index in [1.54, 1.807) is 19.1 Å². The fraction of sp³-hybridized carbons (Fsp3) is 0.571. The quantitative estimate of drug-likeness (QED) is 0.833. The van der Waals surface area contributed by atoms with Crippen LogP contribution in [0, 0.1) is 12.8 Å². The van der Waals surface area contributed by atoms with Crippen molar-refractivity contribution < 1.29 is 8.42 Å². The first-order valence-corrected chi connectivity index (χ1v) is 8.33. The molecule has 1 aromatic rings. The molecule has 5 heteroatoms. The second-order valence-corrected chi connectivity index (χ2v) is 7.12. The van der Waals surface area contributed by atoms with Gasteiger partial charge in [-0.25, -0.2) is 13.1 Å². The third-order valence-corrected chi connectivity index (χ3v) is 5.35. The third kappa shape index (κ3) is 3.70. The first-order chi connectivity index (χ1) is 8.99. The van der Waals surface area contributed by atoms with Crippen LogP contribution in [-0.4, -0.2) is 15.0 Å². The van der Waals surface area contributed by atoms with Crippen LogP contribution >= 0.6 is 0 Å². The molecule has 1 aliphatic carbocycles. The van der Waals surface area contributed by atoms with Gasteiger partial charge in [-0.05, 0) is 43.4 Å². The Bertz CT molecular complexity index is 534. The van der Waals surface area contributed by atoms with Gasteiger partial charge in [0.2, 0.25) is 10.0 Å². The molecule has 3 N–H and O–H groups in total. The largest absolute Gasteiger partial charge is 0.399 e. The summed E-state index contributed by atoms with van der Waals surface area (Å²) >= 11 is 0.